The van der Waals surface area contributed by atoms with Gasteiger partial charge in [0.2, 0.25) is 0 Å². The average Bonchev–Trinajstić information content (AvgIpc) is 2.72. The average molecular weight is 365 g/mol. The summed E-state index contributed by atoms with van der Waals surface area (Å²) in [4.78, 5) is 6.45. The van der Waals surface area contributed by atoms with E-state index in [-0.39, 0.29) is 30.1 Å². The van der Waals surface area contributed by atoms with Crippen LogP contribution in [0.5, 0.6) is 0 Å². The Kier molecular flexibility index (Phi) is 5.86. The molecule has 0 aromatic carbocycles. The number of aryl methyl sites for hydroxylation is 1. The van der Waals surface area contributed by atoms with E-state index in [0.717, 1.165) is 24.3 Å². The van der Waals surface area contributed by atoms with E-state index in [2.05, 4.69) is 20.1 Å². The van der Waals surface area contributed by atoms with E-state index in [0.29, 0.717) is 19.1 Å². The second kappa shape index (κ2) is 6.93. The Bertz CT molecular complexity index is 406. The summed E-state index contributed by atoms with van der Waals surface area (Å²) in [5.74, 6) is 0.584. The molecule has 102 valence electrons. The number of guanidine groups is 1. The molecule has 0 amide bonds. The molecule has 1 fully saturated rings. The molecule has 1 atom stereocenters. The number of aliphatic imine (C=N–C) groups is 1. The molecule has 1 aliphatic rings. The Morgan fingerprint density at radius 3 is 3.11 bits per heavy atom. The fourth-order valence-corrected chi connectivity index (χ4v) is 1.83. The summed E-state index contributed by atoms with van der Waals surface area (Å²) in [6.45, 7) is 6.91. The van der Waals surface area contributed by atoms with Crippen molar-refractivity contribution in [3.8, 4) is 0 Å². The topological polar surface area (TPSA) is 79.5 Å². The summed E-state index contributed by atoms with van der Waals surface area (Å²) in [6, 6.07) is 0. The third-order valence-corrected chi connectivity index (χ3v) is 2.91. The molecule has 1 aromatic rings. The third kappa shape index (κ3) is 3.84. The molecule has 7 heteroatoms. The van der Waals surface area contributed by atoms with E-state index >= 15 is 0 Å². The van der Waals surface area contributed by atoms with Crippen LogP contribution in [0, 0.1) is 6.92 Å². The van der Waals surface area contributed by atoms with Crippen molar-refractivity contribution in [1.82, 2.24) is 15.1 Å². The fourth-order valence-electron chi connectivity index (χ4n) is 1.83. The third-order valence-electron chi connectivity index (χ3n) is 2.91. The van der Waals surface area contributed by atoms with Crippen LogP contribution >= 0.6 is 24.0 Å². The van der Waals surface area contributed by atoms with Crippen LogP contribution in [0.4, 0.5) is 0 Å². The van der Waals surface area contributed by atoms with Crippen LogP contribution in [0.3, 0.4) is 0 Å². The van der Waals surface area contributed by atoms with E-state index in [4.69, 9.17) is 10.5 Å². The molecule has 0 radical (unpaired) electrons. The van der Waals surface area contributed by atoms with E-state index < -0.39 is 0 Å². The summed E-state index contributed by atoms with van der Waals surface area (Å²) < 4.78 is 5.46. The summed E-state index contributed by atoms with van der Waals surface area (Å²) in [6.07, 6.45) is 2.00. The molecule has 1 unspecified atom stereocenters. The SMILES string of the molecule is Cc1[nH]ncc1CN=C(N)N1CCOC(C)C1.I. The number of hydrogen-bond acceptors (Lipinski definition) is 3. The number of aromatic amines is 1. The van der Waals surface area contributed by atoms with Crippen molar-refractivity contribution < 1.29 is 4.74 Å². The molecule has 6 nitrogen and oxygen atoms in total. The van der Waals surface area contributed by atoms with Crippen LogP contribution in [-0.2, 0) is 11.3 Å². The second-order valence-electron chi connectivity index (χ2n) is 4.32. The molecule has 2 rings (SSSR count). The number of hydrogen-bond donors (Lipinski definition) is 2. The Morgan fingerprint density at radius 1 is 1.72 bits per heavy atom. The van der Waals surface area contributed by atoms with Crippen LogP contribution in [0.25, 0.3) is 0 Å². The van der Waals surface area contributed by atoms with E-state index in [9.17, 15) is 0 Å². The summed E-state index contributed by atoms with van der Waals surface area (Å²) in [5.41, 5.74) is 8.08. The van der Waals surface area contributed by atoms with Crippen molar-refractivity contribution in [2.45, 2.75) is 26.5 Å². The van der Waals surface area contributed by atoms with Gasteiger partial charge < -0.3 is 15.4 Å². The van der Waals surface area contributed by atoms with E-state index in [1.54, 1.807) is 6.20 Å². The Balaban J connectivity index is 0.00000162. The first-order valence-electron chi connectivity index (χ1n) is 5.82. The molecule has 0 aliphatic carbocycles. The van der Waals surface area contributed by atoms with Gasteiger partial charge in [-0.1, -0.05) is 0 Å². The van der Waals surface area contributed by atoms with Gasteiger partial charge in [-0.3, -0.25) is 5.10 Å². The van der Waals surface area contributed by atoms with Crippen LogP contribution in [0.1, 0.15) is 18.2 Å². The van der Waals surface area contributed by atoms with Crippen molar-refractivity contribution in [3.63, 3.8) is 0 Å². The molecule has 3 N–H and O–H groups in total. The molecule has 1 aliphatic heterocycles. The predicted octanol–water partition coefficient (Wildman–Crippen LogP) is 0.872. The number of H-pyrrole nitrogens is 1. The zero-order chi connectivity index (χ0) is 12.3. The Labute approximate surface area is 124 Å². The highest BCUT2D eigenvalue weighted by Gasteiger charge is 2.17. The summed E-state index contributed by atoms with van der Waals surface area (Å²) >= 11 is 0. The van der Waals surface area contributed by atoms with Crippen molar-refractivity contribution in [2.75, 3.05) is 19.7 Å². The number of ether oxygens (including phenoxy) is 1. The number of rotatable bonds is 2. The number of nitrogens with zero attached hydrogens (tertiary/aromatic N) is 3. The Hall–Kier alpha value is -0.830. The van der Waals surface area contributed by atoms with Gasteiger partial charge in [-0.15, -0.1) is 24.0 Å². The molecule has 18 heavy (non-hydrogen) atoms. The maximum atomic E-state index is 5.97. The van der Waals surface area contributed by atoms with Gasteiger partial charge in [-0.05, 0) is 13.8 Å². The maximum Gasteiger partial charge on any atom is 0.191 e. The smallest absolute Gasteiger partial charge is 0.191 e. The number of halogens is 1. The van der Waals surface area contributed by atoms with Gasteiger partial charge in [0.05, 0.1) is 25.5 Å². The fraction of sp³-hybridized carbons (Fsp3) is 0.636. The summed E-state index contributed by atoms with van der Waals surface area (Å²) in [7, 11) is 0. The quantitative estimate of drug-likeness (QED) is 0.463. The first-order chi connectivity index (χ1) is 8.16. The van der Waals surface area contributed by atoms with Crippen LogP contribution in [0.15, 0.2) is 11.2 Å². The number of morpholine rings is 1. The molecule has 0 saturated carbocycles. The van der Waals surface area contributed by atoms with E-state index in [1.165, 1.54) is 0 Å². The van der Waals surface area contributed by atoms with Gasteiger partial charge in [-0.25, -0.2) is 4.99 Å². The molecular formula is C11H20IN5O. The number of nitrogens with one attached hydrogen (secondary N) is 1. The van der Waals surface area contributed by atoms with Crippen molar-refractivity contribution >= 4 is 29.9 Å². The molecular weight excluding hydrogens is 345 g/mol. The lowest BCUT2D eigenvalue weighted by molar-refractivity contribution is 0.00528. The molecule has 0 spiro atoms. The standard InChI is InChI=1S/C11H19N5O.HI/c1-8-7-16(3-4-17-8)11(12)13-5-10-6-14-15-9(10)2;/h6,8H,3-5,7H2,1-2H3,(H2,12,13)(H,14,15);1H. The second-order valence-corrected chi connectivity index (χ2v) is 4.32. The first-order valence-corrected chi connectivity index (χ1v) is 5.82. The Morgan fingerprint density at radius 2 is 2.50 bits per heavy atom. The van der Waals surface area contributed by atoms with Crippen molar-refractivity contribution in [2.24, 2.45) is 10.7 Å². The minimum absolute atomic E-state index is 0. The first kappa shape index (κ1) is 15.2. The van der Waals surface area contributed by atoms with Gasteiger partial charge in [0.1, 0.15) is 0 Å². The largest absolute Gasteiger partial charge is 0.375 e. The number of aromatic nitrogens is 2. The molecule has 0 bridgehead atoms. The van der Waals surface area contributed by atoms with Gasteiger partial charge >= 0.3 is 0 Å². The molecule has 1 saturated heterocycles. The predicted molar refractivity (Wildman–Crippen MR) is 81.1 cm³/mol. The van der Waals surface area contributed by atoms with Gasteiger partial charge in [0, 0.05) is 24.3 Å². The highest BCUT2D eigenvalue weighted by molar-refractivity contribution is 14.0. The van der Waals surface area contributed by atoms with Crippen molar-refractivity contribution in [3.05, 3.63) is 17.5 Å². The van der Waals surface area contributed by atoms with Crippen LogP contribution < -0.4 is 5.73 Å². The lowest BCUT2D eigenvalue weighted by atomic mass is 10.3. The highest BCUT2D eigenvalue weighted by atomic mass is 127. The minimum Gasteiger partial charge on any atom is -0.375 e. The van der Waals surface area contributed by atoms with Crippen LogP contribution in [-0.4, -0.2) is 46.9 Å². The normalized spacial score (nSPS) is 20.7. The molecule has 1 aromatic heterocycles. The zero-order valence-electron chi connectivity index (χ0n) is 10.7. The zero-order valence-corrected chi connectivity index (χ0v) is 13.0. The lowest BCUT2D eigenvalue weighted by Gasteiger charge is -2.31. The maximum absolute atomic E-state index is 5.97. The summed E-state index contributed by atoms with van der Waals surface area (Å²) in [5, 5.41) is 6.84. The van der Waals surface area contributed by atoms with Gasteiger partial charge in [0.25, 0.3) is 0 Å². The molecule has 2 heterocycles. The minimum atomic E-state index is 0. The van der Waals surface area contributed by atoms with E-state index in [1.807, 2.05) is 13.8 Å². The van der Waals surface area contributed by atoms with Crippen molar-refractivity contribution in [1.29, 1.82) is 0 Å². The highest BCUT2D eigenvalue weighted by Crippen LogP contribution is 2.06. The monoisotopic (exact) mass is 365 g/mol. The van der Waals surface area contributed by atoms with Gasteiger partial charge in [-0.2, -0.15) is 5.10 Å². The number of nitrogens with two attached hydrogens (primary N) is 1. The lowest BCUT2D eigenvalue weighted by Crippen LogP contribution is -2.47. The van der Waals surface area contributed by atoms with Crippen LogP contribution in [0.2, 0.25) is 0 Å². The van der Waals surface area contributed by atoms with Gasteiger partial charge in [0.15, 0.2) is 5.96 Å².